The highest BCUT2D eigenvalue weighted by atomic mass is 16.7. The van der Waals surface area contributed by atoms with E-state index in [1.807, 2.05) is 25.1 Å². The van der Waals surface area contributed by atoms with Crippen molar-refractivity contribution in [3.63, 3.8) is 0 Å². The van der Waals surface area contributed by atoms with Crippen molar-refractivity contribution in [2.45, 2.75) is 57.2 Å². The Hall–Kier alpha value is -2.61. The predicted octanol–water partition coefficient (Wildman–Crippen LogP) is 5.71. The summed E-state index contributed by atoms with van der Waals surface area (Å²) in [4.78, 5) is 10.9. The number of carbonyl (C=O) groups excluding carboxylic acids is 1. The van der Waals surface area contributed by atoms with Crippen LogP contribution in [0.3, 0.4) is 0 Å². The molecule has 6 rings (SSSR count). The number of carbonyl (C=O) groups is 1. The van der Waals surface area contributed by atoms with Gasteiger partial charge < -0.3 is 14.2 Å². The molecule has 4 aliphatic carbocycles. The van der Waals surface area contributed by atoms with E-state index in [1.54, 1.807) is 19.2 Å². The van der Waals surface area contributed by atoms with Gasteiger partial charge in [-0.05, 0) is 98.9 Å². The molecule has 4 saturated carbocycles. The van der Waals surface area contributed by atoms with Crippen molar-refractivity contribution in [3.05, 3.63) is 64.7 Å². The summed E-state index contributed by atoms with van der Waals surface area (Å²) >= 11 is 0. The summed E-state index contributed by atoms with van der Waals surface area (Å²) in [6.45, 7) is 2.03. The van der Waals surface area contributed by atoms with E-state index in [9.17, 15) is 4.79 Å². The summed E-state index contributed by atoms with van der Waals surface area (Å²) in [5, 5.41) is 0. The Morgan fingerprint density at radius 2 is 1.58 bits per heavy atom. The van der Waals surface area contributed by atoms with Crippen molar-refractivity contribution in [2.75, 3.05) is 13.9 Å². The maximum Gasteiger partial charge on any atom is 0.191 e. The first kappa shape index (κ1) is 22.2. The Morgan fingerprint density at radius 1 is 0.970 bits per heavy atom. The van der Waals surface area contributed by atoms with Crippen molar-refractivity contribution in [1.29, 1.82) is 0 Å². The van der Waals surface area contributed by atoms with Gasteiger partial charge in [-0.15, -0.1) is 0 Å². The van der Waals surface area contributed by atoms with Gasteiger partial charge in [0.2, 0.25) is 0 Å². The second-order valence-electron chi connectivity index (χ2n) is 10.1. The molecule has 4 nitrogen and oxygen atoms in total. The summed E-state index contributed by atoms with van der Waals surface area (Å²) in [5.74, 6) is 10.0. The maximum absolute atomic E-state index is 10.9. The van der Waals surface area contributed by atoms with E-state index in [4.69, 9.17) is 14.2 Å². The highest BCUT2D eigenvalue weighted by Crippen LogP contribution is 2.61. The Balaban J connectivity index is 1.45. The zero-order valence-corrected chi connectivity index (χ0v) is 19.5. The van der Waals surface area contributed by atoms with Crippen LogP contribution in [0.5, 0.6) is 5.75 Å². The summed E-state index contributed by atoms with van der Waals surface area (Å²) in [5.41, 5.74) is 4.06. The molecular weight excluding hydrogens is 412 g/mol. The molecule has 1 atom stereocenters. The molecule has 4 heteroatoms. The maximum atomic E-state index is 10.9. The molecule has 2 aromatic carbocycles. The van der Waals surface area contributed by atoms with E-state index < -0.39 is 0 Å². The smallest absolute Gasteiger partial charge is 0.191 e. The molecule has 0 heterocycles. The average Bonchev–Trinajstić information content (AvgIpc) is 2.82. The van der Waals surface area contributed by atoms with Crippen LogP contribution in [0.2, 0.25) is 0 Å². The highest BCUT2D eigenvalue weighted by Gasteiger charge is 2.52. The standard InChI is InChI=1S/C29H32O4/c1-20(31-2)32-19-33-28-10-9-22(6-3-21-4-7-23(18-30)8-5-21)14-27(28)29-15-24-11-25(16-29)13-26(12-24)17-29/h4-5,7-10,14,18,20,24-26H,11-13,15-17,19H2,1-2H3. The molecule has 0 saturated heterocycles. The van der Waals surface area contributed by atoms with Gasteiger partial charge in [-0.3, -0.25) is 4.79 Å². The van der Waals surface area contributed by atoms with Crippen LogP contribution < -0.4 is 4.74 Å². The first-order valence-electron chi connectivity index (χ1n) is 12.1. The fourth-order valence-corrected chi connectivity index (χ4v) is 6.64. The number of ether oxygens (including phenoxy) is 3. The molecule has 2 aromatic rings. The van der Waals surface area contributed by atoms with Crippen LogP contribution in [0.15, 0.2) is 42.5 Å². The summed E-state index contributed by atoms with van der Waals surface area (Å²) < 4.78 is 17.0. The minimum absolute atomic E-state index is 0.169. The molecule has 1 unspecified atom stereocenters. The minimum Gasteiger partial charge on any atom is -0.467 e. The van der Waals surface area contributed by atoms with Gasteiger partial charge in [-0.2, -0.15) is 0 Å². The topological polar surface area (TPSA) is 44.8 Å². The Kier molecular flexibility index (Phi) is 6.27. The van der Waals surface area contributed by atoms with Crippen molar-refractivity contribution in [3.8, 4) is 17.6 Å². The first-order chi connectivity index (χ1) is 16.1. The molecule has 4 fully saturated rings. The fourth-order valence-electron chi connectivity index (χ4n) is 6.64. The van der Waals surface area contributed by atoms with Crippen molar-refractivity contribution >= 4 is 6.29 Å². The number of rotatable bonds is 7. The second-order valence-corrected chi connectivity index (χ2v) is 10.1. The van der Waals surface area contributed by atoms with Gasteiger partial charge in [0, 0.05) is 29.4 Å². The van der Waals surface area contributed by atoms with Crippen LogP contribution in [0.1, 0.15) is 72.5 Å². The van der Waals surface area contributed by atoms with Crippen LogP contribution in [0.25, 0.3) is 0 Å². The Bertz CT molecular complexity index is 1020. The Morgan fingerprint density at radius 3 is 2.18 bits per heavy atom. The lowest BCUT2D eigenvalue weighted by Crippen LogP contribution is -2.48. The molecule has 33 heavy (non-hydrogen) atoms. The highest BCUT2D eigenvalue weighted by molar-refractivity contribution is 5.74. The number of methoxy groups -OCH3 is 1. The molecule has 172 valence electrons. The molecule has 4 aliphatic rings. The lowest BCUT2D eigenvalue weighted by Gasteiger charge is -2.57. The van der Waals surface area contributed by atoms with Crippen LogP contribution >= 0.6 is 0 Å². The van der Waals surface area contributed by atoms with E-state index >= 15 is 0 Å². The summed E-state index contributed by atoms with van der Waals surface area (Å²) in [7, 11) is 1.63. The molecular formula is C29H32O4. The SMILES string of the molecule is COC(C)OCOc1ccc(C#Cc2ccc(C=O)cc2)cc1C12CC3CC(CC(C3)C1)C2. The van der Waals surface area contributed by atoms with Crippen LogP contribution in [-0.4, -0.2) is 26.5 Å². The van der Waals surface area contributed by atoms with E-state index in [0.29, 0.717) is 5.56 Å². The summed E-state index contributed by atoms with van der Waals surface area (Å²) in [6, 6.07) is 13.7. The number of hydrogen-bond acceptors (Lipinski definition) is 4. The molecule has 0 spiro atoms. The predicted molar refractivity (Wildman–Crippen MR) is 127 cm³/mol. The quantitative estimate of drug-likeness (QED) is 0.312. The Labute approximate surface area is 196 Å². The third-order valence-corrected chi connectivity index (χ3v) is 7.84. The van der Waals surface area contributed by atoms with Crippen LogP contribution in [0, 0.1) is 29.6 Å². The monoisotopic (exact) mass is 444 g/mol. The number of benzene rings is 2. The van der Waals surface area contributed by atoms with Gasteiger partial charge in [0.05, 0.1) is 0 Å². The van der Waals surface area contributed by atoms with Gasteiger partial charge >= 0.3 is 0 Å². The average molecular weight is 445 g/mol. The molecule has 0 radical (unpaired) electrons. The van der Waals surface area contributed by atoms with Crippen LogP contribution in [0.4, 0.5) is 0 Å². The normalized spacial score (nSPS) is 28.1. The third-order valence-electron chi connectivity index (χ3n) is 7.84. The van der Waals surface area contributed by atoms with Crippen molar-refractivity contribution in [1.82, 2.24) is 0 Å². The van der Waals surface area contributed by atoms with Crippen molar-refractivity contribution in [2.24, 2.45) is 17.8 Å². The van der Waals surface area contributed by atoms with Gasteiger partial charge in [0.15, 0.2) is 13.1 Å². The van der Waals surface area contributed by atoms with Gasteiger partial charge in [-0.1, -0.05) is 24.0 Å². The number of aldehydes is 1. The van der Waals surface area contributed by atoms with Gasteiger partial charge in [0.25, 0.3) is 0 Å². The van der Waals surface area contributed by atoms with Crippen LogP contribution in [-0.2, 0) is 14.9 Å². The van der Waals surface area contributed by atoms with E-state index in [1.165, 1.54) is 44.1 Å². The molecule has 0 aromatic heterocycles. The molecule has 0 amide bonds. The molecule has 0 aliphatic heterocycles. The van der Waals surface area contributed by atoms with Gasteiger partial charge in [0.1, 0.15) is 12.0 Å². The van der Waals surface area contributed by atoms with Crippen molar-refractivity contribution < 1.29 is 19.0 Å². The minimum atomic E-state index is -0.302. The largest absolute Gasteiger partial charge is 0.467 e. The van der Waals surface area contributed by atoms with E-state index in [0.717, 1.165) is 40.9 Å². The lowest BCUT2D eigenvalue weighted by molar-refractivity contribution is -0.150. The summed E-state index contributed by atoms with van der Waals surface area (Å²) in [6.07, 6.45) is 8.53. The lowest BCUT2D eigenvalue weighted by atomic mass is 9.48. The fraction of sp³-hybridized carbons (Fsp3) is 0.483. The second kappa shape index (κ2) is 9.33. The van der Waals surface area contributed by atoms with E-state index in [2.05, 4.69) is 24.0 Å². The zero-order chi connectivity index (χ0) is 22.8. The van der Waals surface area contributed by atoms with Gasteiger partial charge in [-0.25, -0.2) is 0 Å². The number of hydrogen-bond donors (Lipinski definition) is 0. The third kappa shape index (κ3) is 4.71. The zero-order valence-electron chi connectivity index (χ0n) is 19.5. The van der Waals surface area contributed by atoms with E-state index in [-0.39, 0.29) is 18.5 Å². The first-order valence-corrected chi connectivity index (χ1v) is 12.1. The molecule has 4 bridgehead atoms. The molecule has 0 N–H and O–H groups in total.